The number of carbonyl (C=O) groups excluding carboxylic acids is 1. The fraction of sp³-hybridized carbons (Fsp3) is 0.632. The average molecular weight is 334 g/mol. The summed E-state index contributed by atoms with van der Waals surface area (Å²) in [6.45, 7) is 7.35. The Bertz CT molecular complexity index is 611. The first-order valence-electron chi connectivity index (χ1n) is 8.78. The minimum Gasteiger partial charge on any atom is -0.391 e. The molecule has 1 amide bonds. The van der Waals surface area contributed by atoms with Gasteiger partial charge in [-0.1, -0.05) is 12.1 Å². The summed E-state index contributed by atoms with van der Waals surface area (Å²) in [5.74, 6) is -0.103. The Balaban J connectivity index is 1.60. The van der Waals surface area contributed by atoms with Crippen LogP contribution in [0.4, 0.5) is 4.39 Å². The molecule has 0 saturated carbocycles. The number of carbonyl (C=O) groups is 1. The molecule has 1 atom stereocenters. The first kappa shape index (κ1) is 17.4. The zero-order valence-electron chi connectivity index (χ0n) is 14.6. The van der Waals surface area contributed by atoms with Gasteiger partial charge in [-0.25, -0.2) is 4.39 Å². The Morgan fingerprint density at radius 1 is 1.38 bits per heavy atom. The van der Waals surface area contributed by atoms with Crippen molar-refractivity contribution in [1.82, 2.24) is 9.80 Å². The van der Waals surface area contributed by atoms with E-state index in [1.807, 2.05) is 12.1 Å². The predicted molar refractivity (Wildman–Crippen MR) is 91.0 cm³/mol. The fourth-order valence-corrected chi connectivity index (χ4v) is 4.20. The van der Waals surface area contributed by atoms with Crippen LogP contribution in [0.25, 0.3) is 0 Å². The van der Waals surface area contributed by atoms with Gasteiger partial charge in [0.25, 0.3) is 0 Å². The molecule has 2 fully saturated rings. The molecule has 4 nitrogen and oxygen atoms in total. The van der Waals surface area contributed by atoms with Gasteiger partial charge in [-0.2, -0.15) is 0 Å². The maximum absolute atomic E-state index is 13.4. The van der Waals surface area contributed by atoms with Crippen LogP contribution in [0.1, 0.15) is 37.3 Å². The lowest BCUT2D eigenvalue weighted by atomic mass is 9.71. The van der Waals surface area contributed by atoms with Crippen molar-refractivity contribution < 1.29 is 14.3 Å². The van der Waals surface area contributed by atoms with E-state index in [0.717, 1.165) is 51.0 Å². The van der Waals surface area contributed by atoms with E-state index in [4.69, 9.17) is 0 Å². The summed E-state index contributed by atoms with van der Waals surface area (Å²) in [5.41, 5.74) is 1.88. The monoisotopic (exact) mass is 334 g/mol. The van der Waals surface area contributed by atoms with Crippen molar-refractivity contribution in [2.24, 2.45) is 5.41 Å². The van der Waals surface area contributed by atoms with E-state index < -0.39 is 6.10 Å². The van der Waals surface area contributed by atoms with Crippen molar-refractivity contribution >= 4 is 5.91 Å². The molecule has 0 radical (unpaired) electrons. The standard InChI is InChI=1S/C19H27FN2O2/c1-14-9-16(3-4-18(14)20)11-21-7-5-19(6-8-21)10-17(24)12-22(13-19)15(2)23/h3-4,9,17,24H,5-8,10-13H2,1-2H3. The summed E-state index contributed by atoms with van der Waals surface area (Å²) in [4.78, 5) is 15.9. The summed E-state index contributed by atoms with van der Waals surface area (Å²) in [6.07, 6.45) is 2.37. The first-order valence-corrected chi connectivity index (χ1v) is 8.78. The fourth-order valence-electron chi connectivity index (χ4n) is 4.20. The molecule has 2 heterocycles. The molecular formula is C19H27FN2O2. The maximum atomic E-state index is 13.4. The SMILES string of the molecule is CC(=O)N1CC(O)CC2(CCN(Cc3ccc(F)c(C)c3)CC2)C1. The molecule has 2 aliphatic heterocycles. The van der Waals surface area contributed by atoms with Gasteiger partial charge in [-0.3, -0.25) is 9.69 Å². The number of β-amino-alcohol motifs (C(OH)–C–C–N with tert-alkyl or cyclic N) is 1. The second kappa shape index (κ2) is 6.81. The van der Waals surface area contributed by atoms with Crippen LogP contribution in [0.5, 0.6) is 0 Å². The quantitative estimate of drug-likeness (QED) is 0.903. The van der Waals surface area contributed by atoms with Gasteiger partial charge in [0.05, 0.1) is 6.10 Å². The molecule has 2 aliphatic rings. The zero-order chi connectivity index (χ0) is 17.3. The Morgan fingerprint density at radius 2 is 2.08 bits per heavy atom. The number of piperidine rings is 2. The molecule has 0 bridgehead atoms. The van der Waals surface area contributed by atoms with Crippen LogP contribution in [0, 0.1) is 18.2 Å². The van der Waals surface area contributed by atoms with Crippen molar-refractivity contribution in [1.29, 1.82) is 0 Å². The van der Waals surface area contributed by atoms with Crippen LogP contribution < -0.4 is 0 Å². The predicted octanol–water partition coefficient (Wildman–Crippen LogP) is 2.33. The Hall–Kier alpha value is -1.46. The van der Waals surface area contributed by atoms with Crippen molar-refractivity contribution in [3.8, 4) is 0 Å². The number of nitrogens with zero attached hydrogens (tertiary/aromatic N) is 2. The normalized spacial score (nSPS) is 24.3. The number of likely N-dealkylation sites (tertiary alicyclic amines) is 2. The third kappa shape index (κ3) is 3.78. The van der Waals surface area contributed by atoms with Crippen LogP contribution >= 0.6 is 0 Å². The highest BCUT2D eigenvalue weighted by Crippen LogP contribution is 2.40. The highest BCUT2D eigenvalue weighted by molar-refractivity contribution is 5.73. The number of rotatable bonds is 2. The molecule has 2 saturated heterocycles. The van der Waals surface area contributed by atoms with E-state index in [-0.39, 0.29) is 17.1 Å². The largest absolute Gasteiger partial charge is 0.391 e. The summed E-state index contributed by atoms with van der Waals surface area (Å²) >= 11 is 0. The van der Waals surface area contributed by atoms with E-state index in [9.17, 15) is 14.3 Å². The van der Waals surface area contributed by atoms with Crippen molar-refractivity contribution in [3.05, 3.63) is 35.1 Å². The molecule has 1 unspecified atom stereocenters. The van der Waals surface area contributed by atoms with E-state index >= 15 is 0 Å². The number of hydrogen-bond acceptors (Lipinski definition) is 3. The third-order valence-corrected chi connectivity index (χ3v) is 5.62. The van der Waals surface area contributed by atoms with Gasteiger partial charge >= 0.3 is 0 Å². The highest BCUT2D eigenvalue weighted by atomic mass is 19.1. The van der Waals surface area contributed by atoms with Gasteiger partial charge in [-0.05, 0) is 61.9 Å². The number of aryl methyl sites for hydroxylation is 1. The van der Waals surface area contributed by atoms with E-state index in [1.165, 1.54) is 0 Å². The summed E-state index contributed by atoms with van der Waals surface area (Å²) in [5, 5.41) is 10.2. The number of amides is 1. The molecule has 1 spiro atoms. The Kier molecular flexibility index (Phi) is 4.92. The summed E-state index contributed by atoms with van der Waals surface area (Å²) in [7, 11) is 0. The maximum Gasteiger partial charge on any atom is 0.219 e. The topological polar surface area (TPSA) is 43.8 Å². The minimum absolute atomic E-state index is 0.0531. The van der Waals surface area contributed by atoms with Crippen LogP contribution in [0.3, 0.4) is 0 Å². The smallest absolute Gasteiger partial charge is 0.219 e. The Labute approximate surface area is 143 Å². The number of hydrogen-bond donors (Lipinski definition) is 1. The van der Waals surface area contributed by atoms with Crippen molar-refractivity contribution in [3.63, 3.8) is 0 Å². The molecular weight excluding hydrogens is 307 g/mol. The molecule has 0 aromatic heterocycles. The second-order valence-corrected chi connectivity index (χ2v) is 7.62. The number of aliphatic hydroxyl groups excluding tert-OH is 1. The molecule has 1 aromatic carbocycles. The van der Waals surface area contributed by atoms with Gasteiger partial charge in [-0.15, -0.1) is 0 Å². The minimum atomic E-state index is -0.408. The lowest BCUT2D eigenvalue weighted by Gasteiger charge is -2.49. The number of benzene rings is 1. The number of halogens is 1. The van der Waals surface area contributed by atoms with E-state index in [0.29, 0.717) is 12.1 Å². The van der Waals surface area contributed by atoms with Crippen LogP contribution in [0.15, 0.2) is 18.2 Å². The second-order valence-electron chi connectivity index (χ2n) is 7.62. The molecule has 0 aliphatic carbocycles. The molecule has 3 rings (SSSR count). The lowest BCUT2D eigenvalue weighted by molar-refractivity contribution is -0.138. The van der Waals surface area contributed by atoms with Crippen LogP contribution in [0.2, 0.25) is 0 Å². The molecule has 24 heavy (non-hydrogen) atoms. The highest BCUT2D eigenvalue weighted by Gasteiger charge is 2.42. The van der Waals surface area contributed by atoms with E-state index in [2.05, 4.69) is 4.90 Å². The van der Waals surface area contributed by atoms with Crippen molar-refractivity contribution in [2.45, 2.75) is 45.8 Å². The first-order chi connectivity index (χ1) is 11.4. The van der Waals surface area contributed by atoms with E-state index in [1.54, 1.807) is 24.8 Å². The molecule has 132 valence electrons. The van der Waals surface area contributed by atoms with Gasteiger partial charge < -0.3 is 10.0 Å². The van der Waals surface area contributed by atoms with Gasteiger partial charge in [0, 0.05) is 26.6 Å². The van der Waals surface area contributed by atoms with Gasteiger partial charge in [0.2, 0.25) is 5.91 Å². The molecule has 1 N–H and O–H groups in total. The third-order valence-electron chi connectivity index (χ3n) is 5.62. The van der Waals surface area contributed by atoms with Gasteiger partial charge in [0.15, 0.2) is 0 Å². The summed E-state index contributed by atoms with van der Waals surface area (Å²) < 4.78 is 13.4. The zero-order valence-corrected chi connectivity index (χ0v) is 14.6. The molecule has 5 heteroatoms. The van der Waals surface area contributed by atoms with Gasteiger partial charge in [0.1, 0.15) is 5.82 Å². The lowest BCUT2D eigenvalue weighted by Crippen LogP contribution is -2.54. The number of aliphatic hydroxyl groups is 1. The Morgan fingerprint density at radius 3 is 2.71 bits per heavy atom. The summed E-state index contributed by atoms with van der Waals surface area (Å²) in [6, 6.07) is 5.31. The van der Waals surface area contributed by atoms with Crippen molar-refractivity contribution in [2.75, 3.05) is 26.2 Å². The van der Waals surface area contributed by atoms with Crippen LogP contribution in [-0.4, -0.2) is 53.1 Å². The average Bonchev–Trinajstić information content (AvgIpc) is 2.53. The molecule has 1 aromatic rings. The van der Waals surface area contributed by atoms with Crippen LogP contribution in [-0.2, 0) is 11.3 Å².